The van der Waals surface area contributed by atoms with Crippen molar-refractivity contribution >= 4 is 11.0 Å². The molecule has 4 rings (SSSR count). The average molecular weight is 319 g/mol. The number of imidazole rings is 1. The molecule has 3 nitrogen and oxygen atoms in total. The smallest absolute Gasteiger partial charge is 0.127 e. The molecule has 0 aliphatic carbocycles. The molecule has 0 amide bonds. The first kappa shape index (κ1) is 15.4. The van der Waals surface area contributed by atoms with Crippen LogP contribution >= 0.6 is 0 Å². The van der Waals surface area contributed by atoms with Crippen LogP contribution in [0.25, 0.3) is 11.0 Å². The molecular weight excluding hydrogens is 294 g/mol. The Hall–Kier alpha value is -2.13. The summed E-state index contributed by atoms with van der Waals surface area (Å²) in [6, 6.07) is 19.9. The summed E-state index contributed by atoms with van der Waals surface area (Å²) >= 11 is 0. The molecule has 124 valence electrons. The lowest BCUT2D eigenvalue weighted by Crippen LogP contribution is -2.26. The van der Waals surface area contributed by atoms with E-state index in [2.05, 4.69) is 77.9 Å². The van der Waals surface area contributed by atoms with Gasteiger partial charge in [-0.05, 0) is 57.5 Å². The van der Waals surface area contributed by atoms with Gasteiger partial charge in [-0.25, -0.2) is 4.98 Å². The van der Waals surface area contributed by atoms with Gasteiger partial charge in [0, 0.05) is 0 Å². The summed E-state index contributed by atoms with van der Waals surface area (Å²) in [7, 11) is 0. The van der Waals surface area contributed by atoms with Gasteiger partial charge in [-0.1, -0.05) is 42.5 Å². The van der Waals surface area contributed by atoms with Crippen molar-refractivity contribution in [2.24, 2.45) is 0 Å². The van der Waals surface area contributed by atoms with E-state index in [9.17, 15) is 0 Å². The van der Waals surface area contributed by atoms with Crippen LogP contribution in [-0.2, 0) is 0 Å². The summed E-state index contributed by atoms with van der Waals surface area (Å²) < 4.78 is 2.44. The fraction of sp³-hybridized carbons (Fsp3) is 0.381. The van der Waals surface area contributed by atoms with Gasteiger partial charge in [0.15, 0.2) is 0 Å². The molecule has 1 aliphatic rings. The number of nitrogens with zero attached hydrogens (tertiary/aromatic N) is 3. The Labute approximate surface area is 143 Å². The summed E-state index contributed by atoms with van der Waals surface area (Å²) in [5.74, 6) is 1.19. The van der Waals surface area contributed by atoms with Crippen molar-refractivity contribution in [2.45, 2.75) is 38.8 Å². The minimum Gasteiger partial charge on any atom is -0.319 e. The summed E-state index contributed by atoms with van der Waals surface area (Å²) in [5.41, 5.74) is 3.66. The van der Waals surface area contributed by atoms with Crippen molar-refractivity contribution in [3.63, 3.8) is 0 Å². The van der Waals surface area contributed by atoms with Crippen LogP contribution in [0.4, 0.5) is 0 Å². The van der Waals surface area contributed by atoms with Gasteiger partial charge in [0.1, 0.15) is 5.82 Å². The second kappa shape index (κ2) is 6.40. The fourth-order valence-corrected chi connectivity index (χ4v) is 3.94. The SMILES string of the molecule is CC(c1nc2ccccc2n1C(C)c1ccccc1)N1CCCC1. The molecule has 1 saturated heterocycles. The summed E-state index contributed by atoms with van der Waals surface area (Å²) in [6.07, 6.45) is 2.61. The van der Waals surface area contributed by atoms with Crippen LogP contribution in [0, 0.1) is 0 Å². The summed E-state index contributed by atoms with van der Waals surface area (Å²) in [4.78, 5) is 7.59. The third-order valence-electron chi connectivity index (χ3n) is 5.35. The van der Waals surface area contributed by atoms with Gasteiger partial charge in [-0.15, -0.1) is 0 Å². The van der Waals surface area contributed by atoms with Crippen LogP contribution in [0.3, 0.4) is 0 Å². The maximum absolute atomic E-state index is 5.03. The number of hydrogen-bond donors (Lipinski definition) is 0. The number of likely N-dealkylation sites (tertiary alicyclic amines) is 1. The Bertz CT molecular complexity index is 815. The molecule has 2 unspecified atom stereocenters. The maximum atomic E-state index is 5.03. The third kappa shape index (κ3) is 2.63. The van der Waals surface area contributed by atoms with E-state index >= 15 is 0 Å². The lowest BCUT2D eigenvalue weighted by molar-refractivity contribution is 0.247. The van der Waals surface area contributed by atoms with Crippen molar-refractivity contribution in [2.75, 3.05) is 13.1 Å². The van der Waals surface area contributed by atoms with Crippen LogP contribution in [-0.4, -0.2) is 27.5 Å². The zero-order chi connectivity index (χ0) is 16.5. The Morgan fingerprint density at radius 1 is 0.833 bits per heavy atom. The molecule has 0 radical (unpaired) electrons. The Balaban J connectivity index is 1.84. The molecule has 0 N–H and O–H groups in total. The zero-order valence-corrected chi connectivity index (χ0v) is 14.5. The highest BCUT2D eigenvalue weighted by Gasteiger charge is 2.26. The number of rotatable bonds is 4. The van der Waals surface area contributed by atoms with E-state index in [-0.39, 0.29) is 6.04 Å². The maximum Gasteiger partial charge on any atom is 0.127 e. The normalized spacial score (nSPS) is 18.1. The monoisotopic (exact) mass is 319 g/mol. The van der Waals surface area contributed by atoms with Crippen LogP contribution < -0.4 is 0 Å². The highest BCUT2D eigenvalue weighted by atomic mass is 15.2. The molecule has 3 aromatic rings. The first-order valence-electron chi connectivity index (χ1n) is 9.01. The number of fused-ring (bicyclic) bond motifs is 1. The molecule has 3 heteroatoms. The van der Waals surface area contributed by atoms with E-state index in [1.165, 1.54) is 42.8 Å². The Morgan fingerprint density at radius 2 is 1.50 bits per heavy atom. The first-order chi connectivity index (χ1) is 11.8. The van der Waals surface area contributed by atoms with Crippen LogP contribution in [0.1, 0.15) is 50.2 Å². The van der Waals surface area contributed by atoms with Crippen molar-refractivity contribution in [3.05, 3.63) is 66.0 Å². The van der Waals surface area contributed by atoms with Gasteiger partial charge in [-0.3, -0.25) is 4.90 Å². The second-order valence-corrected chi connectivity index (χ2v) is 6.83. The lowest BCUT2D eigenvalue weighted by Gasteiger charge is -2.26. The Morgan fingerprint density at radius 3 is 2.25 bits per heavy atom. The minimum absolute atomic E-state index is 0.277. The number of hydrogen-bond acceptors (Lipinski definition) is 2. The molecular formula is C21H25N3. The van der Waals surface area contributed by atoms with E-state index in [1.54, 1.807) is 0 Å². The van der Waals surface area contributed by atoms with Crippen molar-refractivity contribution in [1.82, 2.24) is 14.5 Å². The van der Waals surface area contributed by atoms with Crippen LogP contribution in [0.2, 0.25) is 0 Å². The number of benzene rings is 2. The molecule has 2 atom stereocenters. The lowest BCUT2D eigenvalue weighted by atomic mass is 10.1. The Kier molecular flexibility index (Phi) is 4.11. The van der Waals surface area contributed by atoms with E-state index < -0.39 is 0 Å². The van der Waals surface area contributed by atoms with Crippen LogP contribution in [0.5, 0.6) is 0 Å². The third-order valence-corrected chi connectivity index (χ3v) is 5.35. The van der Waals surface area contributed by atoms with Gasteiger partial charge in [-0.2, -0.15) is 0 Å². The van der Waals surface area contributed by atoms with Gasteiger partial charge < -0.3 is 4.57 Å². The van der Waals surface area contributed by atoms with E-state index in [0.29, 0.717) is 6.04 Å². The van der Waals surface area contributed by atoms with Gasteiger partial charge in [0.05, 0.1) is 23.1 Å². The van der Waals surface area contributed by atoms with Crippen molar-refractivity contribution in [1.29, 1.82) is 0 Å². The topological polar surface area (TPSA) is 21.1 Å². The molecule has 0 spiro atoms. The largest absolute Gasteiger partial charge is 0.319 e. The standard InChI is InChI=1S/C21H25N3/c1-16(18-10-4-3-5-11-18)24-20-13-7-6-12-19(20)22-21(24)17(2)23-14-8-9-15-23/h3-7,10-13,16-17H,8-9,14-15H2,1-2H3. The summed E-state index contributed by atoms with van der Waals surface area (Å²) in [5, 5.41) is 0. The highest BCUT2D eigenvalue weighted by Crippen LogP contribution is 2.32. The van der Waals surface area contributed by atoms with E-state index in [0.717, 1.165) is 5.52 Å². The molecule has 1 fully saturated rings. The second-order valence-electron chi connectivity index (χ2n) is 6.83. The predicted molar refractivity (Wildman–Crippen MR) is 99.2 cm³/mol. The van der Waals surface area contributed by atoms with Crippen LogP contribution in [0.15, 0.2) is 54.6 Å². The van der Waals surface area contributed by atoms with Gasteiger partial charge >= 0.3 is 0 Å². The first-order valence-corrected chi connectivity index (χ1v) is 9.01. The average Bonchev–Trinajstić information content (AvgIpc) is 3.29. The van der Waals surface area contributed by atoms with Gasteiger partial charge in [0.25, 0.3) is 0 Å². The quantitative estimate of drug-likeness (QED) is 0.688. The fourth-order valence-electron chi connectivity index (χ4n) is 3.94. The predicted octanol–water partition coefficient (Wildman–Crippen LogP) is 4.80. The minimum atomic E-state index is 0.277. The number of aromatic nitrogens is 2. The molecule has 0 bridgehead atoms. The van der Waals surface area contributed by atoms with Crippen molar-refractivity contribution in [3.8, 4) is 0 Å². The van der Waals surface area contributed by atoms with E-state index in [1.807, 2.05) is 0 Å². The highest BCUT2D eigenvalue weighted by molar-refractivity contribution is 5.76. The molecule has 1 aliphatic heterocycles. The molecule has 2 aromatic carbocycles. The molecule has 0 saturated carbocycles. The molecule has 24 heavy (non-hydrogen) atoms. The summed E-state index contributed by atoms with van der Waals surface area (Å²) in [6.45, 7) is 6.96. The van der Waals surface area contributed by atoms with Crippen molar-refractivity contribution < 1.29 is 0 Å². The zero-order valence-electron chi connectivity index (χ0n) is 14.5. The number of para-hydroxylation sites is 2. The molecule has 1 aromatic heterocycles. The van der Waals surface area contributed by atoms with E-state index in [4.69, 9.17) is 4.98 Å². The molecule has 2 heterocycles. The van der Waals surface area contributed by atoms with Gasteiger partial charge in [0.2, 0.25) is 0 Å².